The first kappa shape index (κ1) is 16.0. The lowest BCUT2D eigenvalue weighted by Gasteiger charge is -2.39. The molecule has 0 aliphatic carbocycles. The van der Waals surface area contributed by atoms with Gasteiger partial charge in [-0.05, 0) is 46.2 Å². The SMILES string of the molecule is Cc1cc(C)n(CCN2CCCC(C3(C)NC(=O)NC3=O)C2)n1. The molecule has 7 nitrogen and oxygen atoms in total. The van der Waals surface area contributed by atoms with E-state index in [9.17, 15) is 9.59 Å². The van der Waals surface area contributed by atoms with Crippen molar-refractivity contribution in [2.75, 3.05) is 19.6 Å². The van der Waals surface area contributed by atoms with E-state index in [0.29, 0.717) is 0 Å². The number of amides is 3. The molecule has 7 heteroatoms. The Morgan fingerprint density at radius 2 is 2.13 bits per heavy atom. The Kier molecular flexibility index (Phi) is 4.14. The number of hydrogen-bond donors (Lipinski definition) is 2. The second-order valence-corrected chi connectivity index (χ2v) is 6.90. The van der Waals surface area contributed by atoms with E-state index in [0.717, 1.165) is 44.7 Å². The first-order chi connectivity index (χ1) is 10.9. The van der Waals surface area contributed by atoms with Crippen LogP contribution in [0.25, 0.3) is 0 Å². The lowest BCUT2D eigenvalue weighted by atomic mass is 9.80. The van der Waals surface area contributed by atoms with E-state index in [-0.39, 0.29) is 17.9 Å². The van der Waals surface area contributed by atoms with Gasteiger partial charge in [0.1, 0.15) is 5.54 Å². The monoisotopic (exact) mass is 319 g/mol. The molecule has 126 valence electrons. The minimum Gasteiger partial charge on any atom is -0.323 e. The molecular weight excluding hydrogens is 294 g/mol. The molecule has 0 radical (unpaired) electrons. The van der Waals surface area contributed by atoms with E-state index in [1.54, 1.807) is 0 Å². The van der Waals surface area contributed by atoms with Gasteiger partial charge < -0.3 is 10.2 Å². The number of aryl methyl sites for hydroxylation is 2. The van der Waals surface area contributed by atoms with E-state index >= 15 is 0 Å². The van der Waals surface area contributed by atoms with E-state index in [1.165, 1.54) is 5.69 Å². The molecule has 2 saturated heterocycles. The normalized spacial score (nSPS) is 28.7. The van der Waals surface area contributed by atoms with Crippen molar-refractivity contribution in [3.8, 4) is 0 Å². The maximum Gasteiger partial charge on any atom is 0.322 e. The quantitative estimate of drug-likeness (QED) is 0.805. The highest BCUT2D eigenvalue weighted by atomic mass is 16.2. The molecule has 23 heavy (non-hydrogen) atoms. The van der Waals surface area contributed by atoms with Gasteiger partial charge in [-0.1, -0.05) is 0 Å². The van der Waals surface area contributed by atoms with Crippen molar-refractivity contribution in [3.63, 3.8) is 0 Å². The molecule has 2 fully saturated rings. The minimum absolute atomic E-state index is 0.142. The molecule has 0 aromatic carbocycles. The smallest absolute Gasteiger partial charge is 0.322 e. The number of hydrogen-bond acceptors (Lipinski definition) is 4. The summed E-state index contributed by atoms with van der Waals surface area (Å²) in [5.41, 5.74) is 1.43. The summed E-state index contributed by atoms with van der Waals surface area (Å²) < 4.78 is 2.03. The summed E-state index contributed by atoms with van der Waals surface area (Å²) in [4.78, 5) is 26.0. The molecule has 3 amide bonds. The Hall–Kier alpha value is -1.89. The van der Waals surface area contributed by atoms with Crippen molar-refractivity contribution in [1.82, 2.24) is 25.3 Å². The minimum atomic E-state index is -0.784. The van der Waals surface area contributed by atoms with Gasteiger partial charge in [-0.3, -0.25) is 14.8 Å². The lowest BCUT2D eigenvalue weighted by molar-refractivity contribution is -0.126. The Morgan fingerprint density at radius 1 is 1.35 bits per heavy atom. The summed E-state index contributed by atoms with van der Waals surface area (Å²) in [6.07, 6.45) is 2.00. The fraction of sp³-hybridized carbons (Fsp3) is 0.688. The van der Waals surface area contributed by atoms with Gasteiger partial charge in [-0.2, -0.15) is 5.10 Å². The number of carbonyl (C=O) groups is 2. The second kappa shape index (κ2) is 5.96. The van der Waals surface area contributed by atoms with Crippen molar-refractivity contribution in [2.45, 2.75) is 45.7 Å². The third-order valence-electron chi connectivity index (χ3n) is 5.13. The summed E-state index contributed by atoms with van der Waals surface area (Å²) in [5, 5.41) is 9.67. The Balaban J connectivity index is 1.61. The molecule has 2 N–H and O–H groups in total. The predicted octanol–water partition coefficient (Wildman–Crippen LogP) is 0.810. The molecule has 2 atom stereocenters. The number of piperidine rings is 1. The van der Waals surface area contributed by atoms with E-state index < -0.39 is 5.54 Å². The number of likely N-dealkylation sites (tertiary alicyclic amines) is 1. The van der Waals surface area contributed by atoms with Gasteiger partial charge in [-0.15, -0.1) is 0 Å². The van der Waals surface area contributed by atoms with E-state index in [2.05, 4.69) is 33.6 Å². The fourth-order valence-corrected chi connectivity index (χ4v) is 3.71. The molecule has 1 aromatic heterocycles. The first-order valence-corrected chi connectivity index (χ1v) is 8.25. The summed E-state index contributed by atoms with van der Waals surface area (Å²) in [7, 11) is 0. The summed E-state index contributed by atoms with van der Waals surface area (Å²) in [6.45, 7) is 9.51. The van der Waals surface area contributed by atoms with Crippen LogP contribution >= 0.6 is 0 Å². The highest BCUT2D eigenvalue weighted by molar-refractivity contribution is 6.06. The molecule has 1 aromatic rings. The topological polar surface area (TPSA) is 79.3 Å². The summed E-state index contributed by atoms with van der Waals surface area (Å²) >= 11 is 0. The molecule has 2 aliphatic heterocycles. The zero-order chi connectivity index (χ0) is 16.6. The van der Waals surface area contributed by atoms with Crippen molar-refractivity contribution < 1.29 is 9.59 Å². The van der Waals surface area contributed by atoms with Gasteiger partial charge in [-0.25, -0.2) is 4.79 Å². The molecule has 2 unspecified atom stereocenters. The van der Waals surface area contributed by atoms with Crippen LogP contribution < -0.4 is 10.6 Å². The van der Waals surface area contributed by atoms with Crippen LogP contribution in [-0.4, -0.2) is 51.8 Å². The Bertz CT molecular complexity index is 626. The van der Waals surface area contributed by atoms with Crippen molar-refractivity contribution in [1.29, 1.82) is 0 Å². The van der Waals surface area contributed by atoms with E-state index in [1.807, 2.05) is 18.5 Å². The number of nitrogens with zero attached hydrogens (tertiary/aromatic N) is 3. The molecule has 0 bridgehead atoms. The van der Waals surface area contributed by atoms with Gasteiger partial charge in [0.25, 0.3) is 5.91 Å². The molecule has 0 saturated carbocycles. The average molecular weight is 319 g/mol. The van der Waals surface area contributed by atoms with Crippen molar-refractivity contribution in [3.05, 3.63) is 17.5 Å². The number of urea groups is 1. The molecule has 3 heterocycles. The Labute approximate surface area is 136 Å². The number of imide groups is 1. The largest absolute Gasteiger partial charge is 0.323 e. The van der Waals surface area contributed by atoms with Crippen molar-refractivity contribution >= 4 is 11.9 Å². The second-order valence-electron chi connectivity index (χ2n) is 6.90. The molecular formula is C16H25N5O2. The van der Waals surface area contributed by atoms with Crippen molar-refractivity contribution in [2.24, 2.45) is 5.92 Å². The van der Waals surface area contributed by atoms with Crippen LogP contribution in [-0.2, 0) is 11.3 Å². The maximum atomic E-state index is 12.1. The van der Waals surface area contributed by atoms with Crippen LogP contribution in [0.1, 0.15) is 31.2 Å². The van der Waals surface area contributed by atoms with Crippen LogP contribution in [0.3, 0.4) is 0 Å². The van der Waals surface area contributed by atoms with Crippen LogP contribution in [0.5, 0.6) is 0 Å². The fourth-order valence-electron chi connectivity index (χ4n) is 3.71. The lowest BCUT2D eigenvalue weighted by Crippen LogP contribution is -2.56. The third kappa shape index (κ3) is 3.10. The predicted molar refractivity (Wildman–Crippen MR) is 85.9 cm³/mol. The third-order valence-corrected chi connectivity index (χ3v) is 5.13. The molecule has 3 rings (SSSR count). The number of rotatable bonds is 4. The molecule has 2 aliphatic rings. The molecule has 0 spiro atoms. The van der Waals surface area contributed by atoms with Gasteiger partial charge in [0.05, 0.1) is 12.2 Å². The maximum absolute atomic E-state index is 12.1. The van der Waals surface area contributed by atoms with Crippen LogP contribution in [0.2, 0.25) is 0 Å². The van der Waals surface area contributed by atoms with Gasteiger partial charge >= 0.3 is 6.03 Å². The standard InChI is InChI=1S/C16H25N5O2/c1-11-9-12(2)21(19-11)8-7-20-6-4-5-13(10-20)16(3)14(22)17-15(23)18-16/h9,13H,4-8,10H2,1-3H3,(H2,17,18,22,23). The number of carbonyl (C=O) groups excluding carboxylic acids is 2. The first-order valence-electron chi connectivity index (χ1n) is 8.25. The highest BCUT2D eigenvalue weighted by Gasteiger charge is 2.48. The average Bonchev–Trinajstić information content (AvgIpc) is 2.96. The zero-order valence-corrected chi connectivity index (χ0v) is 14.1. The van der Waals surface area contributed by atoms with Crippen LogP contribution in [0, 0.1) is 19.8 Å². The van der Waals surface area contributed by atoms with Gasteiger partial charge in [0, 0.05) is 24.7 Å². The summed E-state index contributed by atoms with van der Waals surface area (Å²) in [5.74, 6) is -0.0592. The number of nitrogens with one attached hydrogen (secondary N) is 2. The van der Waals surface area contributed by atoms with Gasteiger partial charge in [0.15, 0.2) is 0 Å². The Morgan fingerprint density at radius 3 is 2.74 bits per heavy atom. The number of aromatic nitrogens is 2. The summed E-state index contributed by atoms with van der Waals surface area (Å²) in [6, 6.07) is 1.70. The van der Waals surface area contributed by atoms with E-state index in [4.69, 9.17) is 0 Å². The van der Waals surface area contributed by atoms with Crippen LogP contribution in [0.4, 0.5) is 4.79 Å². The highest BCUT2D eigenvalue weighted by Crippen LogP contribution is 2.29. The van der Waals surface area contributed by atoms with Gasteiger partial charge in [0.2, 0.25) is 0 Å². The van der Waals surface area contributed by atoms with Crippen LogP contribution in [0.15, 0.2) is 6.07 Å². The zero-order valence-electron chi connectivity index (χ0n) is 14.1.